The Morgan fingerprint density at radius 2 is 2.08 bits per heavy atom. The van der Waals surface area contributed by atoms with Gasteiger partial charge in [-0.25, -0.2) is 5.43 Å². The van der Waals surface area contributed by atoms with Gasteiger partial charge in [0, 0.05) is 36.0 Å². The smallest absolute Gasteiger partial charge is 0.287 e. The Labute approximate surface area is 151 Å². The minimum Gasteiger partial charge on any atom is -0.455 e. The molecule has 1 aliphatic carbocycles. The number of nitrogens with zero attached hydrogens (tertiary/aromatic N) is 2. The molecule has 2 heterocycles. The van der Waals surface area contributed by atoms with Gasteiger partial charge in [0.1, 0.15) is 5.76 Å². The van der Waals surface area contributed by atoms with E-state index in [2.05, 4.69) is 20.8 Å². The van der Waals surface area contributed by atoms with Gasteiger partial charge >= 0.3 is 0 Å². The number of hydrazone groups is 1. The van der Waals surface area contributed by atoms with E-state index in [9.17, 15) is 9.59 Å². The van der Waals surface area contributed by atoms with Crippen molar-refractivity contribution in [2.45, 2.75) is 46.1 Å². The topological polar surface area (TPSA) is 96.6 Å². The van der Waals surface area contributed by atoms with Crippen LogP contribution < -0.4 is 10.7 Å². The molecule has 2 amide bonds. The lowest BCUT2D eigenvalue weighted by atomic mass is 9.93. The van der Waals surface area contributed by atoms with Gasteiger partial charge in [-0.3, -0.25) is 14.6 Å². The van der Waals surface area contributed by atoms with Gasteiger partial charge in [0.05, 0.1) is 11.3 Å². The molecule has 3 rings (SSSR count). The summed E-state index contributed by atoms with van der Waals surface area (Å²) in [5.41, 5.74) is 5.33. The minimum atomic E-state index is -0.323. The lowest BCUT2D eigenvalue weighted by Crippen LogP contribution is -2.30. The fourth-order valence-corrected chi connectivity index (χ4v) is 3.00. The molecular weight excluding hydrogens is 332 g/mol. The third-order valence-electron chi connectivity index (χ3n) is 4.17. The first kappa shape index (κ1) is 17.8. The SMILES string of the molecule is Cc1c(C(=O)NC(C)C)oc2c1/C(=N/NC(=O)c1cccnc1)CCC2. The highest BCUT2D eigenvalue weighted by molar-refractivity contribution is 6.07. The van der Waals surface area contributed by atoms with Crippen LogP contribution in [0.15, 0.2) is 34.0 Å². The molecule has 0 atom stereocenters. The van der Waals surface area contributed by atoms with E-state index in [1.54, 1.807) is 18.3 Å². The number of amides is 2. The molecule has 0 radical (unpaired) electrons. The normalized spacial score (nSPS) is 15.0. The number of pyridine rings is 1. The number of fused-ring (bicyclic) bond motifs is 1. The first-order chi connectivity index (χ1) is 12.5. The van der Waals surface area contributed by atoms with Crippen LogP contribution in [0.25, 0.3) is 0 Å². The molecule has 0 saturated heterocycles. The molecule has 1 aliphatic rings. The highest BCUT2D eigenvalue weighted by Gasteiger charge is 2.28. The maximum Gasteiger partial charge on any atom is 0.287 e. The Morgan fingerprint density at radius 1 is 1.27 bits per heavy atom. The fourth-order valence-electron chi connectivity index (χ4n) is 3.00. The molecule has 0 unspecified atom stereocenters. The molecule has 7 heteroatoms. The molecule has 7 nitrogen and oxygen atoms in total. The summed E-state index contributed by atoms with van der Waals surface area (Å²) in [6, 6.07) is 3.39. The van der Waals surface area contributed by atoms with E-state index in [1.807, 2.05) is 20.8 Å². The average Bonchev–Trinajstić information content (AvgIpc) is 2.97. The molecule has 136 valence electrons. The number of aryl methyl sites for hydroxylation is 1. The van der Waals surface area contributed by atoms with Crippen molar-refractivity contribution >= 4 is 17.5 Å². The summed E-state index contributed by atoms with van der Waals surface area (Å²) < 4.78 is 5.81. The van der Waals surface area contributed by atoms with E-state index >= 15 is 0 Å². The highest BCUT2D eigenvalue weighted by atomic mass is 16.4. The van der Waals surface area contributed by atoms with Crippen molar-refractivity contribution in [2.75, 3.05) is 0 Å². The van der Waals surface area contributed by atoms with Crippen LogP contribution in [0.5, 0.6) is 0 Å². The van der Waals surface area contributed by atoms with E-state index in [4.69, 9.17) is 4.42 Å². The second-order valence-corrected chi connectivity index (χ2v) is 6.58. The molecule has 0 aromatic carbocycles. The minimum absolute atomic E-state index is 0.0240. The van der Waals surface area contributed by atoms with Gasteiger partial charge in [0.25, 0.3) is 11.8 Å². The lowest BCUT2D eigenvalue weighted by molar-refractivity contribution is 0.0911. The third-order valence-corrected chi connectivity index (χ3v) is 4.17. The van der Waals surface area contributed by atoms with Crippen LogP contribution >= 0.6 is 0 Å². The van der Waals surface area contributed by atoms with Crippen molar-refractivity contribution in [3.8, 4) is 0 Å². The number of furan rings is 1. The summed E-state index contributed by atoms with van der Waals surface area (Å²) in [4.78, 5) is 28.4. The highest BCUT2D eigenvalue weighted by Crippen LogP contribution is 2.29. The predicted octanol–water partition coefficient (Wildman–Crippen LogP) is 2.59. The molecule has 2 N–H and O–H groups in total. The first-order valence-electron chi connectivity index (χ1n) is 8.67. The molecule has 2 aromatic heterocycles. The Bertz CT molecular complexity index is 853. The summed E-state index contributed by atoms with van der Waals surface area (Å²) >= 11 is 0. The molecule has 0 spiro atoms. The zero-order valence-electron chi connectivity index (χ0n) is 15.1. The van der Waals surface area contributed by atoms with E-state index in [0.717, 1.165) is 35.4 Å². The standard InChI is InChI=1S/C19H22N4O3/c1-11(2)21-19(25)17-12(3)16-14(7-4-8-15(16)26-17)22-23-18(24)13-6-5-9-20-10-13/h5-6,9-11H,4,7-8H2,1-3H3,(H,21,25)(H,23,24)/b22-14+. The Kier molecular flexibility index (Phi) is 5.16. The van der Waals surface area contributed by atoms with Gasteiger partial charge in [0.2, 0.25) is 0 Å². The molecule has 26 heavy (non-hydrogen) atoms. The molecule has 0 aliphatic heterocycles. The predicted molar refractivity (Wildman–Crippen MR) is 97.2 cm³/mol. The quantitative estimate of drug-likeness (QED) is 0.825. The van der Waals surface area contributed by atoms with Gasteiger partial charge in [-0.15, -0.1) is 0 Å². The Hall–Kier alpha value is -2.96. The van der Waals surface area contributed by atoms with E-state index in [1.165, 1.54) is 6.20 Å². The number of nitrogens with one attached hydrogen (secondary N) is 2. The lowest BCUT2D eigenvalue weighted by Gasteiger charge is -2.13. The monoisotopic (exact) mass is 354 g/mol. The number of carbonyl (C=O) groups excluding carboxylic acids is 2. The zero-order valence-corrected chi connectivity index (χ0v) is 15.1. The van der Waals surface area contributed by atoms with Crippen LogP contribution in [0, 0.1) is 6.92 Å². The molecule has 0 saturated carbocycles. The van der Waals surface area contributed by atoms with Crippen LogP contribution in [-0.4, -0.2) is 28.6 Å². The second-order valence-electron chi connectivity index (χ2n) is 6.58. The maximum atomic E-state index is 12.3. The van der Waals surface area contributed by atoms with Crippen molar-refractivity contribution < 1.29 is 14.0 Å². The zero-order chi connectivity index (χ0) is 18.7. The number of aromatic nitrogens is 1. The average molecular weight is 354 g/mol. The van der Waals surface area contributed by atoms with Crippen LogP contribution in [-0.2, 0) is 6.42 Å². The largest absolute Gasteiger partial charge is 0.455 e. The van der Waals surface area contributed by atoms with Gasteiger partial charge in [0.15, 0.2) is 5.76 Å². The van der Waals surface area contributed by atoms with E-state index in [0.29, 0.717) is 17.7 Å². The Morgan fingerprint density at radius 3 is 2.77 bits per heavy atom. The van der Waals surface area contributed by atoms with Crippen molar-refractivity contribution in [2.24, 2.45) is 5.10 Å². The van der Waals surface area contributed by atoms with Crippen LogP contribution in [0.3, 0.4) is 0 Å². The number of rotatable bonds is 4. The third kappa shape index (κ3) is 3.66. The van der Waals surface area contributed by atoms with Crippen LogP contribution in [0.2, 0.25) is 0 Å². The van der Waals surface area contributed by atoms with Crippen molar-refractivity contribution in [3.63, 3.8) is 0 Å². The number of hydrogen-bond donors (Lipinski definition) is 2. The van der Waals surface area contributed by atoms with Crippen LogP contribution in [0.4, 0.5) is 0 Å². The summed E-state index contributed by atoms with van der Waals surface area (Å²) in [7, 11) is 0. The first-order valence-corrected chi connectivity index (χ1v) is 8.67. The second kappa shape index (κ2) is 7.51. The summed E-state index contributed by atoms with van der Waals surface area (Å²) in [5, 5.41) is 7.14. The Balaban J connectivity index is 1.85. The summed E-state index contributed by atoms with van der Waals surface area (Å²) in [6.07, 6.45) is 5.41. The number of hydrogen-bond acceptors (Lipinski definition) is 5. The molecular formula is C19H22N4O3. The van der Waals surface area contributed by atoms with Gasteiger partial charge < -0.3 is 9.73 Å². The van der Waals surface area contributed by atoms with Gasteiger partial charge in [-0.05, 0) is 45.7 Å². The van der Waals surface area contributed by atoms with E-state index in [-0.39, 0.29) is 17.9 Å². The van der Waals surface area contributed by atoms with Gasteiger partial charge in [-0.2, -0.15) is 5.10 Å². The molecule has 0 bridgehead atoms. The van der Waals surface area contributed by atoms with Crippen LogP contribution in [0.1, 0.15) is 64.5 Å². The maximum absolute atomic E-state index is 12.3. The van der Waals surface area contributed by atoms with Gasteiger partial charge in [-0.1, -0.05) is 0 Å². The fraction of sp³-hybridized carbons (Fsp3) is 0.368. The molecule has 0 fully saturated rings. The summed E-state index contributed by atoms with van der Waals surface area (Å²) in [6.45, 7) is 5.65. The summed E-state index contributed by atoms with van der Waals surface area (Å²) in [5.74, 6) is 0.510. The molecule has 2 aromatic rings. The van der Waals surface area contributed by atoms with Crippen molar-refractivity contribution in [1.29, 1.82) is 0 Å². The number of carbonyl (C=O) groups is 2. The van der Waals surface area contributed by atoms with Crippen molar-refractivity contribution in [3.05, 3.63) is 52.7 Å². The van der Waals surface area contributed by atoms with Crippen molar-refractivity contribution in [1.82, 2.24) is 15.7 Å². The van der Waals surface area contributed by atoms with E-state index < -0.39 is 0 Å².